The topological polar surface area (TPSA) is 26.0 Å². The van der Waals surface area contributed by atoms with Crippen LogP contribution >= 0.6 is 27.7 Å². The van der Waals surface area contributed by atoms with Gasteiger partial charge in [0.05, 0.1) is 0 Å². The van der Waals surface area contributed by atoms with Crippen molar-refractivity contribution in [3.63, 3.8) is 0 Å². The summed E-state index contributed by atoms with van der Waals surface area (Å²) < 4.78 is 1.16. The summed E-state index contributed by atoms with van der Waals surface area (Å²) in [5, 5.41) is 0. The Hall–Kier alpha value is 0.01000. The molecule has 1 rings (SSSR count). The maximum absolute atomic E-state index is 5.79. The lowest BCUT2D eigenvalue weighted by Crippen LogP contribution is -2.18. The van der Waals surface area contributed by atoms with Crippen LogP contribution in [0.15, 0.2) is 27.6 Å². The second kappa shape index (κ2) is 5.03. The molecule has 0 radical (unpaired) electrons. The summed E-state index contributed by atoms with van der Waals surface area (Å²) in [7, 11) is 0. The van der Waals surface area contributed by atoms with Crippen molar-refractivity contribution < 1.29 is 0 Å². The molecule has 2 N–H and O–H groups in total. The first-order chi connectivity index (χ1) is 6.15. The molecule has 1 aromatic carbocycles. The molecule has 0 aliphatic carbocycles. The van der Waals surface area contributed by atoms with Gasteiger partial charge in [-0.15, -0.1) is 11.8 Å². The summed E-state index contributed by atoms with van der Waals surface area (Å²) in [4.78, 5) is 1.31. The van der Waals surface area contributed by atoms with E-state index >= 15 is 0 Å². The number of rotatable bonds is 3. The molecule has 0 saturated heterocycles. The van der Waals surface area contributed by atoms with Crippen LogP contribution in [0.3, 0.4) is 0 Å². The highest BCUT2D eigenvalue weighted by Crippen LogP contribution is 2.28. The van der Waals surface area contributed by atoms with Gasteiger partial charge in [-0.2, -0.15) is 0 Å². The third-order valence-electron chi connectivity index (χ3n) is 1.82. The number of nitrogens with two attached hydrogens (primary N) is 1. The Labute approximate surface area is 92.2 Å². The monoisotopic (exact) mass is 259 g/mol. The Bertz CT molecular complexity index is 286. The molecule has 0 aliphatic heterocycles. The van der Waals surface area contributed by atoms with Gasteiger partial charge >= 0.3 is 0 Å². The Morgan fingerprint density at radius 1 is 1.54 bits per heavy atom. The van der Waals surface area contributed by atoms with E-state index < -0.39 is 0 Å². The minimum Gasteiger partial charge on any atom is -0.328 e. The first kappa shape index (κ1) is 11.1. The van der Waals surface area contributed by atoms with Gasteiger partial charge in [-0.05, 0) is 37.3 Å². The second-order valence-corrected chi connectivity index (χ2v) is 4.80. The van der Waals surface area contributed by atoms with Gasteiger partial charge in [0.1, 0.15) is 0 Å². The third kappa shape index (κ3) is 3.01. The van der Waals surface area contributed by atoms with Crippen LogP contribution in [0.5, 0.6) is 0 Å². The van der Waals surface area contributed by atoms with Crippen LogP contribution < -0.4 is 5.73 Å². The zero-order chi connectivity index (χ0) is 9.84. The highest BCUT2D eigenvalue weighted by Gasteiger charge is 2.07. The van der Waals surface area contributed by atoms with Gasteiger partial charge in [0, 0.05) is 15.4 Å². The van der Waals surface area contributed by atoms with Crippen molar-refractivity contribution in [1.29, 1.82) is 0 Å². The van der Waals surface area contributed by atoms with Crippen LogP contribution in [0.25, 0.3) is 0 Å². The van der Waals surface area contributed by atoms with Crippen molar-refractivity contribution in [3.8, 4) is 0 Å². The van der Waals surface area contributed by atoms with Crippen molar-refractivity contribution in [2.45, 2.75) is 24.3 Å². The molecule has 0 amide bonds. The number of hydrogen-bond acceptors (Lipinski definition) is 2. The lowest BCUT2D eigenvalue weighted by Gasteiger charge is -2.11. The summed E-state index contributed by atoms with van der Waals surface area (Å²) in [6, 6.07) is 6.47. The van der Waals surface area contributed by atoms with Gasteiger partial charge in [-0.1, -0.05) is 22.0 Å². The van der Waals surface area contributed by atoms with Gasteiger partial charge in [-0.25, -0.2) is 0 Å². The van der Waals surface area contributed by atoms with E-state index in [4.69, 9.17) is 5.73 Å². The van der Waals surface area contributed by atoms with Gasteiger partial charge in [-0.3, -0.25) is 0 Å². The molecular formula is C10H14BrNS. The maximum atomic E-state index is 5.79. The number of benzene rings is 1. The molecule has 0 spiro atoms. The van der Waals surface area contributed by atoms with E-state index in [1.165, 1.54) is 10.5 Å². The first-order valence-corrected chi connectivity index (χ1v) is 6.24. The molecule has 0 heterocycles. The van der Waals surface area contributed by atoms with Crippen molar-refractivity contribution >= 4 is 27.7 Å². The van der Waals surface area contributed by atoms with E-state index in [0.29, 0.717) is 0 Å². The van der Waals surface area contributed by atoms with Gasteiger partial charge in [0.25, 0.3) is 0 Å². The molecule has 13 heavy (non-hydrogen) atoms. The third-order valence-corrected chi connectivity index (χ3v) is 3.39. The second-order valence-electron chi connectivity index (χ2n) is 3.10. The number of halogens is 1. The quantitative estimate of drug-likeness (QED) is 0.845. The lowest BCUT2D eigenvalue weighted by atomic mass is 10.1. The van der Waals surface area contributed by atoms with Crippen molar-refractivity contribution in [1.82, 2.24) is 0 Å². The minimum absolute atomic E-state index is 0.213. The van der Waals surface area contributed by atoms with Crippen molar-refractivity contribution in [3.05, 3.63) is 28.2 Å². The molecule has 1 nitrogen and oxygen atoms in total. The SMILES string of the molecule is CSc1cccc(Br)c1CC(C)N. The summed E-state index contributed by atoms with van der Waals surface area (Å²) in [5.74, 6) is 0. The predicted octanol–water partition coefficient (Wildman–Crippen LogP) is 3.06. The Morgan fingerprint density at radius 3 is 2.77 bits per heavy atom. The molecule has 0 bridgehead atoms. The average molecular weight is 260 g/mol. The fraction of sp³-hybridized carbons (Fsp3) is 0.400. The molecule has 0 aromatic heterocycles. The number of hydrogen-bond donors (Lipinski definition) is 1. The zero-order valence-electron chi connectivity index (χ0n) is 7.88. The molecule has 72 valence electrons. The molecule has 1 unspecified atom stereocenters. The molecule has 0 aliphatic rings. The summed E-state index contributed by atoms with van der Waals surface area (Å²) >= 11 is 5.31. The predicted molar refractivity (Wildman–Crippen MR) is 63.3 cm³/mol. The highest BCUT2D eigenvalue weighted by molar-refractivity contribution is 9.10. The van der Waals surface area contributed by atoms with E-state index in [9.17, 15) is 0 Å². The molecule has 3 heteroatoms. The Morgan fingerprint density at radius 2 is 2.23 bits per heavy atom. The van der Waals surface area contributed by atoms with E-state index in [1.54, 1.807) is 11.8 Å². The largest absolute Gasteiger partial charge is 0.328 e. The smallest absolute Gasteiger partial charge is 0.0219 e. The molecular weight excluding hydrogens is 246 g/mol. The summed E-state index contributed by atoms with van der Waals surface area (Å²) in [5.41, 5.74) is 7.11. The van der Waals surface area contributed by atoms with Crippen LogP contribution in [0.2, 0.25) is 0 Å². The normalized spacial score (nSPS) is 12.9. The van der Waals surface area contributed by atoms with Crippen LogP contribution in [0.4, 0.5) is 0 Å². The number of thioether (sulfide) groups is 1. The molecule has 1 aromatic rings. The average Bonchev–Trinajstić information content (AvgIpc) is 2.08. The van der Waals surface area contributed by atoms with E-state index in [1.807, 2.05) is 6.92 Å². The van der Waals surface area contributed by atoms with Crippen LogP contribution in [-0.2, 0) is 6.42 Å². The van der Waals surface area contributed by atoms with Gasteiger partial charge in [0.15, 0.2) is 0 Å². The Balaban J connectivity index is 3.00. The fourth-order valence-electron chi connectivity index (χ4n) is 1.25. The van der Waals surface area contributed by atoms with E-state index in [0.717, 1.165) is 10.9 Å². The standard InChI is InChI=1S/C10H14BrNS/c1-7(12)6-8-9(11)4-3-5-10(8)13-2/h3-5,7H,6,12H2,1-2H3. The lowest BCUT2D eigenvalue weighted by molar-refractivity contribution is 0.727. The molecule has 0 fully saturated rings. The van der Waals surface area contributed by atoms with Crippen LogP contribution in [0.1, 0.15) is 12.5 Å². The van der Waals surface area contributed by atoms with Crippen molar-refractivity contribution in [2.75, 3.05) is 6.26 Å². The fourth-order valence-corrected chi connectivity index (χ4v) is 2.56. The van der Waals surface area contributed by atoms with Crippen molar-refractivity contribution in [2.24, 2.45) is 5.73 Å². The minimum atomic E-state index is 0.213. The maximum Gasteiger partial charge on any atom is 0.0219 e. The Kier molecular flexibility index (Phi) is 4.29. The molecule has 0 saturated carbocycles. The van der Waals surface area contributed by atoms with Gasteiger partial charge < -0.3 is 5.73 Å². The van der Waals surface area contributed by atoms with Gasteiger partial charge in [0.2, 0.25) is 0 Å². The van der Waals surface area contributed by atoms with E-state index in [2.05, 4.69) is 40.4 Å². The van der Waals surface area contributed by atoms with Crippen LogP contribution in [-0.4, -0.2) is 12.3 Å². The summed E-state index contributed by atoms with van der Waals surface area (Å²) in [6.45, 7) is 2.03. The van der Waals surface area contributed by atoms with E-state index in [-0.39, 0.29) is 6.04 Å². The zero-order valence-corrected chi connectivity index (χ0v) is 10.3. The summed E-state index contributed by atoms with van der Waals surface area (Å²) in [6.07, 6.45) is 3.02. The first-order valence-electron chi connectivity index (χ1n) is 4.22. The highest BCUT2D eigenvalue weighted by atomic mass is 79.9. The van der Waals surface area contributed by atoms with Crippen LogP contribution in [0, 0.1) is 0 Å². The molecule has 1 atom stereocenters.